The SMILES string of the molecule is CC(=O)C(C(C)=O)(C(=O)O)C(=O)O.NPN1C(=O)C2(C1=O)C(=O)N(PN)C2=O.O=C1CC(=O)C12C(=O)OC2=O. The van der Waals surface area contributed by atoms with Crippen molar-refractivity contribution in [3.63, 3.8) is 0 Å². The van der Waals surface area contributed by atoms with Crippen molar-refractivity contribution in [1.82, 2.24) is 9.34 Å². The Morgan fingerprint density at radius 2 is 1.03 bits per heavy atom. The molecule has 39 heavy (non-hydrogen) atoms. The summed E-state index contributed by atoms with van der Waals surface area (Å²) in [4.78, 5) is 131. The van der Waals surface area contributed by atoms with E-state index in [0.717, 1.165) is 13.8 Å². The summed E-state index contributed by atoms with van der Waals surface area (Å²) in [5.41, 5.74) is 3.18. The normalized spacial score (nSPS) is 20.5. The molecule has 2 spiro atoms. The second-order valence-electron chi connectivity index (χ2n) is 7.82. The molecule has 0 aromatic rings. The molecule has 21 heteroatoms. The summed E-state index contributed by atoms with van der Waals surface area (Å²) in [6, 6.07) is 0. The number of nitrogens with two attached hydrogens (primary N) is 2. The summed E-state index contributed by atoms with van der Waals surface area (Å²) < 4.78 is 5.29. The van der Waals surface area contributed by atoms with Crippen molar-refractivity contribution in [2.24, 2.45) is 27.3 Å². The molecule has 6 N–H and O–H groups in total. The third-order valence-electron chi connectivity index (χ3n) is 6.01. The Bertz CT molecular complexity index is 1140. The summed E-state index contributed by atoms with van der Waals surface area (Å²) in [7, 11) is -1.13. The number of Topliss-reactive ketones (excluding diaryl/α,β-unsaturated/α-hetero) is 4. The quantitative estimate of drug-likeness (QED) is 0.0981. The summed E-state index contributed by atoms with van der Waals surface area (Å²) in [6.07, 6.45) is -0.319. The number of nitrogens with zero attached hydrogens (tertiary/aromatic N) is 2. The van der Waals surface area contributed by atoms with Gasteiger partial charge in [-0.05, 0) is 13.8 Å². The number of rotatable bonds is 6. The number of carbonyl (C=O) groups is 12. The van der Waals surface area contributed by atoms with Crippen molar-refractivity contribution in [2.45, 2.75) is 20.3 Å². The smallest absolute Gasteiger partial charge is 0.346 e. The number of ether oxygens (including phenoxy) is 1. The first kappa shape index (κ1) is 31.0. The zero-order chi connectivity index (χ0) is 30.4. The van der Waals surface area contributed by atoms with Gasteiger partial charge in [0, 0.05) is 0 Å². The molecular formula is C18H16N4O15P2. The lowest BCUT2D eigenvalue weighted by atomic mass is 9.63. The maximum Gasteiger partial charge on any atom is 0.346 e. The van der Waals surface area contributed by atoms with E-state index < -0.39 is 105 Å². The van der Waals surface area contributed by atoms with E-state index in [2.05, 4.69) is 4.74 Å². The van der Waals surface area contributed by atoms with Crippen molar-refractivity contribution in [3.05, 3.63) is 0 Å². The average Bonchev–Trinajstić information content (AvgIpc) is 2.80. The zero-order valence-electron chi connectivity index (χ0n) is 19.5. The number of carboxylic acid groups (broad SMARTS) is 2. The van der Waals surface area contributed by atoms with Crippen LogP contribution in [0.25, 0.3) is 0 Å². The number of cyclic esters (lactones) is 2. The maximum atomic E-state index is 11.4. The predicted molar refractivity (Wildman–Crippen MR) is 118 cm³/mol. The minimum atomic E-state index is -2.94. The Labute approximate surface area is 218 Å². The van der Waals surface area contributed by atoms with Crippen LogP contribution >= 0.6 is 17.8 Å². The van der Waals surface area contributed by atoms with Gasteiger partial charge in [0.15, 0.2) is 23.1 Å². The first-order valence-electron chi connectivity index (χ1n) is 9.93. The molecule has 4 fully saturated rings. The fourth-order valence-electron chi connectivity index (χ4n) is 3.66. The van der Waals surface area contributed by atoms with Crippen molar-refractivity contribution < 1.29 is 72.5 Å². The van der Waals surface area contributed by atoms with E-state index in [1.54, 1.807) is 0 Å². The molecule has 1 aliphatic carbocycles. The Balaban J connectivity index is 0.000000208. The third kappa shape index (κ3) is 3.73. The van der Waals surface area contributed by atoms with Crippen LogP contribution in [0.15, 0.2) is 0 Å². The number of amides is 4. The second-order valence-corrected chi connectivity index (χ2v) is 9.23. The van der Waals surface area contributed by atoms with E-state index >= 15 is 0 Å². The number of β-lactam (4-membered cyclic amide) rings is 4. The number of esters is 2. The van der Waals surface area contributed by atoms with E-state index in [0.29, 0.717) is 9.34 Å². The highest BCUT2D eigenvalue weighted by Gasteiger charge is 2.80. The first-order valence-corrected chi connectivity index (χ1v) is 12.0. The van der Waals surface area contributed by atoms with Gasteiger partial charge in [0.2, 0.25) is 0 Å². The van der Waals surface area contributed by atoms with E-state index in [1.165, 1.54) is 0 Å². The largest absolute Gasteiger partial charge is 0.480 e. The molecule has 19 nitrogen and oxygen atoms in total. The van der Waals surface area contributed by atoms with Gasteiger partial charge in [0.1, 0.15) is 0 Å². The lowest BCUT2D eigenvalue weighted by molar-refractivity contribution is -0.202. The molecule has 4 aliphatic rings. The number of hydrogen-bond donors (Lipinski definition) is 4. The van der Waals surface area contributed by atoms with Crippen molar-refractivity contribution in [2.75, 3.05) is 0 Å². The number of aliphatic carboxylic acids is 2. The molecule has 4 rings (SSSR count). The molecule has 4 amide bonds. The zero-order valence-corrected chi connectivity index (χ0v) is 21.5. The Morgan fingerprint density at radius 1 is 0.718 bits per heavy atom. The summed E-state index contributed by atoms with van der Waals surface area (Å²) in [5, 5.41) is 17.0. The Kier molecular flexibility index (Phi) is 8.10. The van der Waals surface area contributed by atoms with Crippen LogP contribution < -0.4 is 11.0 Å². The minimum Gasteiger partial charge on any atom is -0.480 e. The predicted octanol–water partition coefficient (Wildman–Crippen LogP) is -4.44. The van der Waals surface area contributed by atoms with Gasteiger partial charge in [-0.25, -0.2) is 18.9 Å². The van der Waals surface area contributed by atoms with E-state index in [9.17, 15) is 57.5 Å². The molecule has 0 aromatic carbocycles. The van der Waals surface area contributed by atoms with Crippen molar-refractivity contribution in [1.29, 1.82) is 0 Å². The molecule has 2 atom stereocenters. The van der Waals surface area contributed by atoms with Gasteiger partial charge < -0.3 is 14.9 Å². The summed E-state index contributed by atoms with van der Waals surface area (Å²) in [5.74, 6) is -13.0. The number of ketones is 4. The molecule has 3 heterocycles. The highest BCUT2D eigenvalue weighted by Crippen LogP contribution is 2.50. The monoisotopic (exact) mass is 590 g/mol. The average molecular weight is 590 g/mol. The molecular weight excluding hydrogens is 574 g/mol. The number of imide groups is 2. The van der Waals surface area contributed by atoms with Gasteiger partial charge in [0.25, 0.3) is 39.9 Å². The Morgan fingerprint density at radius 3 is 1.15 bits per heavy atom. The third-order valence-corrected chi connectivity index (χ3v) is 7.34. The lowest BCUT2D eigenvalue weighted by Crippen LogP contribution is -2.81. The topological polar surface area (TPSA) is 313 Å². The van der Waals surface area contributed by atoms with Crippen LogP contribution in [0.4, 0.5) is 0 Å². The highest BCUT2D eigenvalue weighted by molar-refractivity contribution is 7.36. The van der Waals surface area contributed by atoms with E-state index in [4.69, 9.17) is 21.2 Å². The molecule has 2 unspecified atom stereocenters. The van der Waals surface area contributed by atoms with Crippen molar-refractivity contribution in [3.8, 4) is 0 Å². The van der Waals surface area contributed by atoms with Gasteiger partial charge in [-0.1, -0.05) is 0 Å². The van der Waals surface area contributed by atoms with Gasteiger partial charge in [-0.2, -0.15) is 0 Å². The molecule has 3 saturated heterocycles. The van der Waals surface area contributed by atoms with Crippen LogP contribution in [-0.4, -0.2) is 90.2 Å². The van der Waals surface area contributed by atoms with Gasteiger partial charge in [-0.15, -0.1) is 0 Å². The van der Waals surface area contributed by atoms with E-state index in [-0.39, 0.29) is 6.42 Å². The maximum absolute atomic E-state index is 11.4. The Hall–Kier alpha value is -4.18. The molecule has 0 radical (unpaired) electrons. The van der Waals surface area contributed by atoms with Crippen molar-refractivity contribution >= 4 is 88.4 Å². The van der Waals surface area contributed by atoms with Crippen LogP contribution in [0.5, 0.6) is 0 Å². The van der Waals surface area contributed by atoms with E-state index in [1.807, 2.05) is 0 Å². The second kappa shape index (κ2) is 10.2. The van der Waals surface area contributed by atoms with Crippen LogP contribution in [0.2, 0.25) is 0 Å². The summed E-state index contributed by atoms with van der Waals surface area (Å²) in [6.45, 7) is 1.51. The molecule has 3 aliphatic heterocycles. The highest BCUT2D eigenvalue weighted by atomic mass is 31.1. The molecule has 0 aromatic heterocycles. The van der Waals surface area contributed by atoms with Crippen LogP contribution in [0, 0.1) is 16.2 Å². The number of carbonyl (C=O) groups excluding carboxylic acids is 10. The van der Waals surface area contributed by atoms with Gasteiger partial charge in [-0.3, -0.25) is 59.0 Å². The fourth-order valence-corrected chi connectivity index (χ4v) is 4.80. The van der Waals surface area contributed by atoms with Crippen LogP contribution in [-0.2, 0) is 62.3 Å². The summed E-state index contributed by atoms with van der Waals surface area (Å²) >= 11 is 0. The van der Waals surface area contributed by atoms with Crippen LogP contribution in [0.1, 0.15) is 20.3 Å². The lowest BCUT2D eigenvalue weighted by Gasteiger charge is -2.51. The van der Waals surface area contributed by atoms with Gasteiger partial charge in [0.05, 0.1) is 24.2 Å². The molecule has 1 saturated carbocycles. The van der Waals surface area contributed by atoms with Crippen LogP contribution in [0.3, 0.4) is 0 Å². The first-order chi connectivity index (χ1) is 17.9. The minimum absolute atomic E-state index is 0.319. The molecule has 208 valence electrons. The van der Waals surface area contributed by atoms with Gasteiger partial charge >= 0.3 is 23.9 Å². The standard InChI is InChI=1S/C7H8O6.C6H2O5.C5H6N4O4P2/c1-3(8)7(4(2)9,5(10)11)6(12)13;7-2-1-3(8)6(2)4(9)11-5(6)10;6-14-8-1(10)5(2(8)11)3(12)9(15-7)4(5)13/h1-2H3,(H,10,11)(H,12,13);1H2;14-15H,6-7H2. The number of carboxylic acids is 2. The fraction of sp³-hybridized carbons (Fsp3) is 0.333. The number of hydrogen-bond acceptors (Lipinski definition) is 15. The molecule has 0 bridgehead atoms.